The second-order valence-electron chi connectivity index (χ2n) is 4.91. The van der Waals surface area contributed by atoms with E-state index < -0.39 is 11.7 Å². The molecule has 126 valence electrons. The van der Waals surface area contributed by atoms with Gasteiger partial charge in [0.15, 0.2) is 0 Å². The van der Waals surface area contributed by atoms with Gasteiger partial charge in [-0.1, -0.05) is 12.1 Å². The lowest BCUT2D eigenvalue weighted by Gasteiger charge is -2.15. The molecule has 1 heterocycles. The Labute approximate surface area is 139 Å². The highest BCUT2D eigenvalue weighted by Crippen LogP contribution is 2.50. The van der Waals surface area contributed by atoms with Crippen LogP contribution in [0.1, 0.15) is 12.5 Å². The quantitative estimate of drug-likeness (QED) is 0.802. The van der Waals surface area contributed by atoms with Crippen molar-refractivity contribution in [3.8, 4) is 22.8 Å². The first-order valence-corrected chi connectivity index (χ1v) is 7.49. The molecule has 2 aromatic rings. The fraction of sp³-hybridized carbons (Fsp3) is 0.333. The smallest absolute Gasteiger partial charge is 0.417 e. The highest BCUT2D eigenvalue weighted by atomic mass is 79.9. The maximum atomic E-state index is 13.1. The van der Waals surface area contributed by atoms with Crippen molar-refractivity contribution in [1.29, 1.82) is 0 Å². The number of hydrogen-bond acceptors (Lipinski definition) is 4. The summed E-state index contributed by atoms with van der Waals surface area (Å²) in [5.74, 6) is -0.267. The average molecular weight is 394 g/mol. The third-order valence-electron chi connectivity index (χ3n) is 3.09. The predicted octanol–water partition coefficient (Wildman–Crippen LogP) is 4.90. The fourth-order valence-corrected chi connectivity index (χ4v) is 2.81. The summed E-state index contributed by atoms with van der Waals surface area (Å²) >= 11 is 2.99. The summed E-state index contributed by atoms with van der Waals surface area (Å²) in [4.78, 5) is 1.55. The van der Waals surface area contributed by atoms with E-state index in [1.165, 1.54) is 12.1 Å². The molecule has 0 fully saturated rings. The van der Waals surface area contributed by atoms with Gasteiger partial charge < -0.3 is 19.2 Å². The Morgan fingerprint density at radius 3 is 2.48 bits per heavy atom. The molecule has 0 saturated heterocycles. The molecule has 4 nitrogen and oxygen atoms in total. The Morgan fingerprint density at radius 2 is 1.96 bits per heavy atom. The number of nitrogens with zero attached hydrogens (tertiary/aromatic N) is 1. The van der Waals surface area contributed by atoms with E-state index in [1.54, 1.807) is 25.9 Å². The van der Waals surface area contributed by atoms with Gasteiger partial charge in [0.1, 0.15) is 0 Å². The second kappa shape index (κ2) is 6.35. The van der Waals surface area contributed by atoms with Crippen LogP contribution in [0.15, 0.2) is 27.1 Å². The summed E-state index contributed by atoms with van der Waals surface area (Å²) in [6.45, 7) is 1.95. The second-order valence-corrected chi connectivity index (χ2v) is 5.70. The van der Waals surface area contributed by atoms with Gasteiger partial charge in [0.2, 0.25) is 11.6 Å². The molecular formula is C15H15BrF3NO3. The lowest BCUT2D eigenvalue weighted by Crippen LogP contribution is -2.09. The first-order chi connectivity index (χ1) is 10.7. The minimum Gasteiger partial charge on any atom is -0.501 e. The molecule has 0 unspecified atom stereocenters. The lowest BCUT2D eigenvalue weighted by molar-refractivity contribution is -0.138. The van der Waals surface area contributed by atoms with Crippen molar-refractivity contribution in [2.75, 3.05) is 25.6 Å². The molecule has 0 saturated carbocycles. The third-order valence-corrected chi connectivity index (χ3v) is 3.94. The number of halogens is 4. The maximum Gasteiger partial charge on any atom is 0.417 e. The van der Waals surface area contributed by atoms with Crippen LogP contribution in [0.4, 0.5) is 19.1 Å². The number of furan rings is 1. The maximum absolute atomic E-state index is 13.1. The molecule has 0 bridgehead atoms. The van der Waals surface area contributed by atoms with Crippen molar-refractivity contribution < 1.29 is 27.4 Å². The van der Waals surface area contributed by atoms with Gasteiger partial charge >= 0.3 is 12.1 Å². The van der Waals surface area contributed by atoms with Gasteiger partial charge in [-0.05, 0) is 28.9 Å². The Morgan fingerprint density at radius 1 is 1.30 bits per heavy atom. The van der Waals surface area contributed by atoms with E-state index in [0.29, 0.717) is 0 Å². The molecule has 1 aromatic carbocycles. The molecule has 0 aliphatic carbocycles. The van der Waals surface area contributed by atoms with Gasteiger partial charge in [-0.25, -0.2) is 0 Å². The molecule has 8 heteroatoms. The van der Waals surface area contributed by atoms with E-state index in [1.807, 2.05) is 0 Å². The molecular weight excluding hydrogens is 379 g/mol. The lowest BCUT2D eigenvalue weighted by atomic mass is 10.0. The topological polar surface area (TPSA) is 45.8 Å². The zero-order chi connectivity index (χ0) is 17.4. The van der Waals surface area contributed by atoms with Crippen molar-refractivity contribution >= 4 is 21.8 Å². The molecule has 0 spiro atoms. The van der Waals surface area contributed by atoms with Crippen molar-refractivity contribution in [3.63, 3.8) is 0 Å². The first kappa shape index (κ1) is 17.5. The van der Waals surface area contributed by atoms with Gasteiger partial charge in [-0.2, -0.15) is 13.2 Å². The average Bonchev–Trinajstić information content (AvgIpc) is 2.76. The highest BCUT2D eigenvalue weighted by Gasteiger charge is 2.35. The van der Waals surface area contributed by atoms with E-state index in [4.69, 9.17) is 9.15 Å². The monoisotopic (exact) mass is 393 g/mol. The van der Waals surface area contributed by atoms with Gasteiger partial charge in [0, 0.05) is 24.1 Å². The number of anilines is 1. The zero-order valence-electron chi connectivity index (χ0n) is 12.7. The number of ether oxygens (including phenoxy) is 1. The Balaban J connectivity index is 2.72. The first-order valence-electron chi connectivity index (χ1n) is 6.70. The van der Waals surface area contributed by atoms with Crippen LogP contribution in [0.5, 0.6) is 11.7 Å². The Hall–Kier alpha value is -1.83. The molecule has 0 aliphatic rings. The van der Waals surface area contributed by atoms with Crippen LogP contribution in [-0.2, 0) is 6.18 Å². The molecule has 0 amide bonds. The number of aromatic hydroxyl groups is 1. The van der Waals surface area contributed by atoms with Gasteiger partial charge in [-0.3, -0.25) is 0 Å². The predicted molar refractivity (Wildman–Crippen MR) is 84.0 cm³/mol. The molecule has 0 atom stereocenters. The molecule has 2 rings (SSSR count). The third kappa shape index (κ3) is 3.26. The Bertz CT molecular complexity index is 711. The van der Waals surface area contributed by atoms with Crippen molar-refractivity contribution in [2.45, 2.75) is 13.1 Å². The van der Waals surface area contributed by atoms with Crippen LogP contribution in [0, 0.1) is 0 Å². The summed E-state index contributed by atoms with van der Waals surface area (Å²) in [6.07, 6.45) is -4.52. The van der Waals surface area contributed by atoms with E-state index in [0.717, 1.165) is 6.07 Å². The van der Waals surface area contributed by atoms with Gasteiger partial charge in [-0.15, -0.1) is 0 Å². The summed E-state index contributed by atoms with van der Waals surface area (Å²) < 4.78 is 49.7. The van der Waals surface area contributed by atoms with Crippen LogP contribution < -0.4 is 9.64 Å². The number of hydrogen-bond donors (Lipinski definition) is 1. The van der Waals surface area contributed by atoms with Crippen molar-refractivity contribution in [2.24, 2.45) is 0 Å². The largest absolute Gasteiger partial charge is 0.501 e. The molecule has 0 radical (unpaired) electrons. The molecule has 0 aliphatic heterocycles. The summed E-state index contributed by atoms with van der Waals surface area (Å²) in [6, 6.07) is 3.70. The van der Waals surface area contributed by atoms with E-state index in [9.17, 15) is 18.3 Å². The van der Waals surface area contributed by atoms with Crippen molar-refractivity contribution in [1.82, 2.24) is 0 Å². The fourth-order valence-electron chi connectivity index (χ4n) is 2.12. The molecule has 1 aromatic heterocycles. The standard InChI is InChI=1S/C15H15BrF3NO3/c1-4-22-14-12(21)10(13(23-14)20(2)3)8-6-5-7-9(11(8)16)15(17,18)19/h5-7,21H,4H2,1-3H3. The van der Waals surface area contributed by atoms with Gasteiger partial charge in [0.25, 0.3) is 0 Å². The highest BCUT2D eigenvalue weighted by molar-refractivity contribution is 9.10. The zero-order valence-corrected chi connectivity index (χ0v) is 14.2. The van der Waals surface area contributed by atoms with Crippen LogP contribution in [0.2, 0.25) is 0 Å². The normalized spacial score (nSPS) is 11.6. The minimum absolute atomic E-state index is 0.129. The number of benzene rings is 1. The van der Waals surface area contributed by atoms with Crippen molar-refractivity contribution in [3.05, 3.63) is 28.2 Å². The summed E-state index contributed by atoms with van der Waals surface area (Å²) in [5, 5.41) is 10.3. The van der Waals surface area contributed by atoms with Gasteiger partial charge in [0.05, 0.1) is 17.7 Å². The van der Waals surface area contributed by atoms with Crippen LogP contribution in [-0.4, -0.2) is 25.8 Å². The van der Waals surface area contributed by atoms with E-state index in [2.05, 4.69) is 15.9 Å². The summed E-state index contributed by atoms with van der Waals surface area (Å²) in [7, 11) is 3.30. The summed E-state index contributed by atoms with van der Waals surface area (Å²) in [5.41, 5.74) is -0.537. The van der Waals surface area contributed by atoms with Crippen LogP contribution in [0.3, 0.4) is 0 Å². The number of alkyl halides is 3. The molecule has 23 heavy (non-hydrogen) atoms. The van der Waals surface area contributed by atoms with Crippen LogP contribution in [0.25, 0.3) is 11.1 Å². The minimum atomic E-state index is -4.52. The SMILES string of the molecule is CCOc1oc(N(C)C)c(-c2cccc(C(F)(F)F)c2Br)c1O. The van der Waals surface area contributed by atoms with E-state index in [-0.39, 0.29) is 39.8 Å². The van der Waals surface area contributed by atoms with E-state index >= 15 is 0 Å². The van der Waals surface area contributed by atoms with Crippen LogP contribution >= 0.6 is 15.9 Å². The number of rotatable bonds is 4. The molecule has 1 N–H and O–H groups in total. The Kier molecular flexibility index (Phi) is 4.84.